The minimum atomic E-state index is -2.93. The Labute approximate surface area is 112 Å². The highest BCUT2D eigenvalue weighted by Gasteiger charge is 2.47. The second kappa shape index (κ2) is 5.61. The number of alkyl halides is 2. The molecular weight excluding hydrogens is 256 g/mol. The van der Waals surface area contributed by atoms with Crippen molar-refractivity contribution < 1.29 is 23.8 Å². The van der Waals surface area contributed by atoms with Crippen LogP contribution in [0.2, 0.25) is 0 Å². The number of amides is 1. The fourth-order valence-electron chi connectivity index (χ4n) is 2.75. The normalized spacial score (nSPS) is 25.5. The van der Waals surface area contributed by atoms with Crippen molar-refractivity contribution in [1.82, 2.24) is 4.90 Å². The van der Waals surface area contributed by atoms with Crippen LogP contribution in [0, 0.1) is 11.3 Å². The molecule has 1 aliphatic rings. The number of hydrogen-bond donors (Lipinski definition) is 2. The number of piperidine rings is 1. The van der Waals surface area contributed by atoms with Crippen LogP contribution in [0.4, 0.5) is 13.6 Å². The summed E-state index contributed by atoms with van der Waals surface area (Å²) in [6.07, 6.45) is -1.32. The zero-order chi connectivity index (χ0) is 14.8. The molecule has 1 rings (SSSR count). The van der Waals surface area contributed by atoms with Gasteiger partial charge in [0.2, 0.25) is 0 Å². The van der Waals surface area contributed by atoms with Gasteiger partial charge >= 0.3 is 6.09 Å². The molecule has 1 aliphatic heterocycles. The van der Waals surface area contributed by atoms with Crippen molar-refractivity contribution in [3.05, 3.63) is 0 Å². The number of carbonyl (C=O) groups is 1. The molecule has 0 aromatic heterocycles. The van der Waals surface area contributed by atoms with Crippen LogP contribution >= 0.6 is 0 Å². The van der Waals surface area contributed by atoms with Crippen LogP contribution in [-0.2, 0) is 0 Å². The van der Waals surface area contributed by atoms with Gasteiger partial charge in [-0.25, -0.2) is 13.6 Å². The summed E-state index contributed by atoms with van der Waals surface area (Å²) in [6, 6.07) is -0.423. The van der Waals surface area contributed by atoms with E-state index in [9.17, 15) is 13.6 Å². The number of likely N-dealkylation sites (tertiary alicyclic amines) is 1. The molecule has 1 amide bonds. The predicted molar refractivity (Wildman–Crippen MR) is 67.3 cm³/mol. The van der Waals surface area contributed by atoms with Gasteiger partial charge in [0.15, 0.2) is 0 Å². The molecule has 2 atom stereocenters. The largest absolute Gasteiger partial charge is 0.465 e. The van der Waals surface area contributed by atoms with Gasteiger partial charge < -0.3 is 15.1 Å². The van der Waals surface area contributed by atoms with Crippen LogP contribution < -0.4 is 0 Å². The molecule has 0 aliphatic carbocycles. The first-order chi connectivity index (χ1) is 8.59. The van der Waals surface area contributed by atoms with Crippen LogP contribution in [0.15, 0.2) is 0 Å². The van der Waals surface area contributed by atoms with Crippen molar-refractivity contribution in [2.45, 2.75) is 52.0 Å². The van der Waals surface area contributed by atoms with E-state index in [4.69, 9.17) is 10.2 Å². The Morgan fingerprint density at radius 1 is 1.37 bits per heavy atom. The van der Waals surface area contributed by atoms with Gasteiger partial charge in [-0.05, 0) is 18.3 Å². The Kier molecular flexibility index (Phi) is 4.76. The maximum Gasteiger partial charge on any atom is 0.407 e. The smallest absolute Gasteiger partial charge is 0.407 e. The molecule has 112 valence electrons. The average molecular weight is 279 g/mol. The van der Waals surface area contributed by atoms with Crippen molar-refractivity contribution in [3.8, 4) is 0 Å². The van der Waals surface area contributed by atoms with E-state index in [-0.39, 0.29) is 24.8 Å². The van der Waals surface area contributed by atoms with Crippen molar-refractivity contribution in [2.75, 3.05) is 13.2 Å². The number of halogens is 2. The van der Waals surface area contributed by atoms with Crippen LogP contribution in [0.3, 0.4) is 0 Å². The molecule has 2 unspecified atom stereocenters. The van der Waals surface area contributed by atoms with E-state index >= 15 is 0 Å². The predicted octanol–water partition coefficient (Wildman–Crippen LogP) is 2.81. The third-order valence-electron chi connectivity index (χ3n) is 3.89. The van der Waals surface area contributed by atoms with Crippen molar-refractivity contribution in [2.24, 2.45) is 11.3 Å². The molecule has 6 heteroatoms. The summed E-state index contributed by atoms with van der Waals surface area (Å²) < 4.78 is 27.7. The maximum atomic E-state index is 13.9. The van der Waals surface area contributed by atoms with E-state index in [1.165, 1.54) is 4.90 Å². The van der Waals surface area contributed by atoms with Gasteiger partial charge in [-0.15, -0.1) is 0 Å². The Morgan fingerprint density at radius 3 is 2.37 bits per heavy atom. The van der Waals surface area contributed by atoms with E-state index < -0.39 is 37.0 Å². The standard InChI is InChI=1S/C13H23F2NO3/c1-12(2,3)10-8-9(13(14,15)5-7-17)4-6-16(10)11(18)19/h9-10,17H,4-8H2,1-3H3,(H,18,19). The van der Waals surface area contributed by atoms with E-state index in [1.807, 2.05) is 20.8 Å². The van der Waals surface area contributed by atoms with Gasteiger partial charge in [0.05, 0.1) is 0 Å². The summed E-state index contributed by atoms with van der Waals surface area (Å²) >= 11 is 0. The summed E-state index contributed by atoms with van der Waals surface area (Å²) in [7, 11) is 0. The molecule has 2 N–H and O–H groups in total. The zero-order valence-corrected chi connectivity index (χ0v) is 11.7. The Morgan fingerprint density at radius 2 is 1.95 bits per heavy atom. The monoisotopic (exact) mass is 279 g/mol. The van der Waals surface area contributed by atoms with Crippen LogP contribution in [0.1, 0.15) is 40.0 Å². The summed E-state index contributed by atoms with van der Waals surface area (Å²) in [5.41, 5.74) is -0.383. The van der Waals surface area contributed by atoms with Crippen molar-refractivity contribution in [3.63, 3.8) is 0 Å². The van der Waals surface area contributed by atoms with E-state index in [2.05, 4.69) is 0 Å². The Hall–Kier alpha value is -0.910. The van der Waals surface area contributed by atoms with Crippen molar-refractivity contribution in [1.29, 1.82) is 0 Å². The molecule has 0 spiro atoms. The lowest BCUT2D eigenvalue weighted by molar-refractivity contribution is -0.107. The summed E-state index contributed by atoms with van der Waals surface area (Å²) in [4.78, 5) is 12.5. The number of carboxylic acid groups (broad SMARTS) is 1. The molecular formula is C13H23F2NO3. The molecule has 0 bridgehead atoms. The number of aliphatic hydroxyl groups is 1. The van der Waals surface area contributed by atoms with Crippen LogP contribution in [0.5, 0.6) is 0 Å². The molecule has 0 saturated carbocycles. The number of aliphatic hydroxyl groups excluding tert-OH is 1. The minimum Gasteiger partial charge on any atom is -0.465 e. The molecule has 4 nitrogen and oxygen atoms in total. The fourth-order valence-corrected chi connectivity index (χ4v) is 2.75. The van der Waals surface area contributed by atoms with Crippen LogP contribution in [-0.4, -0.2) is 46.3 Å². The zero-order valence-electron chi connectivity index (χ0n) is 11.7. The Bertz CT molecular complexity index is 328. The third-order valence-corrected chi connectivity index (χ3v) is 3.89. The molecule has 0 aromatic rings. The van der Waals surface area contributed by atoms with Crippen molar-refractivity contribution >= 4 is 6.09 Å². The molecule has 0 aromatic carbocycles. The second-order valence-corrected chi connectivity index (χ2v) is 6.31. The SMILES string of the molecule is CC(C)(C)C1CC(C(F)(F)CCO)CCN1C(=O)O. The highest BCUT2D eigenvalue weighted by atomic mass is 19.3. The van der Waals surface area contributed by atoms with E-state index in [0.29, 0.717) is 0 Å². The first kappa shape index (κ1) is 16.1. The highest BCUT2D eigenvalue weighted by Crippen LogP contribution is 2.42. The van der Waals surface area contributed by atoms with Gasteiger partial charge in [0, 0.05) is 31.5 Å². The van der Waals surface area contributed by atoms with E-state index in [1.54, 1.807) is 0 Å². The lowest BCUT2D eigenvalue weighted by Gasteiger charge is -2.46. The molecule has 1 fully saturated rings. The fraction of sp³-hybridized carbons (Fsp3) is 0.923. The lowest BCUT2D eigenvalue weighted by Crippen LogP contribution is -2.54. The van der Waals surface area contributed by atoms with Gasteiger partial charge in [-0.2, -0.15) is 0 Å². The quantitative estimate of drug-likeness (QED) is 0.835. The minimum absolute atomic E-state index is 0.128. The summed E-state index contributed by atoms with van der Waals surface area (Å²) in [5.74, 6) is -3.79. The van der Waals surface area contributed by atoms with Gasteiger partial charge in [0.1, 0.15) is 0 Å². The highest BCUT2D eigenvalue weighted by molar-refractivity contribution is 5.65. The van der Waals surface area contributed by atoms with E-state index in [0.717, 1.165) is 0 Å². The average Bonchev–Trinajstić information content (AvgIpc) is 2.26. The summed E-state index contributed by atoms with van der Waals surface area (Å²) in [6.45, 7) is 5.16. The van der Waals surface area contributed by atoms with Crippen LogP contribution in [0.25, 0.3) is 0 Å². The number of nitrogens with zero attached hydrogens (tertiary/aromatic N) is 1. The molecule has 0 radical (unpaired) electrons. The topological polar surface area (TPSA) is 60.8 Å². The first-order valence-corrected chi connectivity index (χ1v) is 6.58. The number of rotatable bonds is 3. The van der Waals surface area contributed by atoms with Gasteiger partial charge in [-0.3, -0.25) is 0 Å². The van der Waals surface area contributed by atoms with Gasteiger partial charge in [-0.1, -0.05) is 20.8 Å². The number of hydrogen-bond acceptors (Lipinski definition) is 2. The second-order valence-electron chi connectivity index (χ2n) is 6.31. The Balaban J connectivity index is 2.88. The molecule has 1 saturated heterocycles. The van der Waals surface area contributed by atoms with Gasteiger partial charge in [0.25, 0.3) is 5.92 Å². The first-order valence-electron chi connectivity index (χ1n) is 6.58. The maximum absolute atomic E-state index is 13.9. The molecule has 1 heterocycles. The lowest BCUT2D eigenvalue weighted by atomic mass is 9.75. The summed E-state index contributed by atoms with van der Waals surface area (Å²) in [5, 5.41) is 17.9. The molecule has 19 heavy (non-hydrogen) atoms. The third kappa shape index (κ3) is 3.78.